The summed E-state index contributed by atoms with van der Waals surface area (Å²) in [5, 5.41) is 3.42. The van der Waals surface area contributed by atoms with Gasteiger partial charge in [0.1, 0.15) is 0 Å². The van der Waals surface area contributed by atoms with Crippen LogP contribution in [0.5, 0.6) is 0 Å². The third-order valence-corrected chi connectivity index (χ3v) is 2.98. The van der Waals surface area contributed by atoms with Crippen LogP contribution < -0.4 is 5.32 Å². The Hall–Kier alpha value is -1.35. The Morgan fingerprint density at radius 3 is 2.82 bits per heavy atom. The molecule has 1 N–H and O–H groups in total. The molecule has 0 saturated heterocycles. The second kappa shape index (κ2) is 4.88. The minimum absolute atomic E-state index is 0.236. The van der Waals surface area contributed by atoms with Gasteiger partial charge in [0, 0.05) is 13.1 Å². The topological polar surface area (TPSA) is 29.9 Å². The van der Waals surface area contributed by atoms with Gasteiger partial charge in [0.15, 0.2) is 0 Å². The second-order valence-electron chi connectivity index (χ2n) is 5.31. The van der Waals surface area contributed by atoms with Crippen molar-refractivity contribution >= 4 is 11.0 Å². The highest BCUT2D eigenvalue weighted by atomic mass is 15.1. The molecule has 0 aliphatic carbocycles. The number of nitrogens with zero attached hydrogens (tertiary/aromatic N) is 2. The van der Waals surface area contributed by atoms with E-state index < -0.39 is 0 Å². The van der Waals surface area contributed by atoms with Crippen LogP contribution in [-0.2, 0) is 6.54 Å². The van der Waals surface area contributed by atoms with E-state index in [1.54, 1.807) is 0 Å². The fourth-order valence-electron chi connectivity index (χ4n) is 2.12. The summed E-state index contributed by atoms with van der Waals surface area (Å²) in [5.74, 6) is 0. The van der Waals surface area contributed by atoms with E-state index in [1.807, 2.05) is 12.4 Å². The lowest BCUT2D eigenvalue weighted by molar-refractivity contribution is 0.295. The molecule has 0 unspecified atom stereocenters. The van der Waals surface area contributed by atoms with Crippen molar-refractivity contribution in [3.63, 3.8) is 0 Å². The molecule has 1 aromatic heterocycles. The van der Waals surface area contributed by atoms with Crippen LogP contribution in [0.2, 0.25) is 0 Å². The maximum Gasteiger partial charge on any atom is 0.0958 e. The second-order valence-corrected chi connectivity index (χ2v) is 5.31. The molecule has 0 amide bonds. The molecule has 3 nitrogen and oxygen atoms in total. The van der Waals surface area contributed by atoms with Crippen LogP contribution in [-0.4, -0.2) is 22.6 Å². The van der Waals surface area contributed by atoms with Crippen LogP contribution in [0.1, 0.15) is 20.8 Å². The molecule has 17 heavy (non-hydrogen) atoms. The smallest absolute Gasteiger partial charge is 0.0958 e. The summed E-state index contributed by atoms with van der Waals surface area (Å²) in [5.41, 5.74) is 2.53. The lowest BCUT2D eigenvalue weighted by Crippen LogP contribution is -2.32. The van der Waals surface area contributed by atoms with Crippen LogP contribution >= 0.6 is 0 Å². The van der Waals surface area contributed by atoms with Crippen molar-refractivity contribution in [1.29, 1.82) is 0 Å². The number of nitrogens with one attached hydrogen (secondary N) is 1. The normalized spacial score (nSPS) is 12.2. The van der Waals surface area contributed by atoms with Crippen molar-refractivity contribution in [2.75, 3.05) is 13.1 Å². The van der Waals surface area contributed by atoms with Crippen molar-refractivity contribution in [1.82, 2.24) is 14.9 Å². The molecule has 0 atom stereocenters. The van der Waals surface area contributed by atoms with Crippen LogP contribution in [0.3, 0.4) is 0 Å². The summed E-state index contributed by atoms with van der Waals surface area (Å²) >= 11 is 0. The fraction of sp³-hybridized carbons (Fsp3) is 0.500. The van der Waals surface area contributed by atoms with Crippen molar-refractivity contribution in [3.05, 3.63) is 30.6 Å². The summed E-state index contributed by atoms with van der Waals surface area (Å²) in [6, 6.07) is 8.29. The average molecular weight is 231 g/mol. The summed E-state index contributed by atoms with van der Waals surface area (Å²) in [6.07, 6.45) is 1.94. The number of benzene rings is 1. The third kappa shape index (κ3) is 2.86. The van der Waals surface area contributed by atoms with E-state index in [1.165, 1.54) is 5.52 Å². The van der Waals surface area contributed by atoms with Gasteiger partial charge in [-0.15, -0.1) is 0 Å². The van der Waals surface area contributed by atoms with E-state index >= 15 is 0 Å². The van der Waals surface area contributed by atoms with E-state index in [2.05, 4.69) is 53.8 Å². The van der Waals surface area contributed by atoms with Gasteiger partial charge in [-0.2, -0.15) is 0 Å². The van der Waals surface area contributed by atoms with Gasteiger partial charge in [-0.3, -0.25) is 0 Å². The minimum atomic E-state index is 0.236. The van der Waals surface area contributed by atoms with E-state index in [0.29, 0.717) is 0 Å². The fourth-order valence-corrected chi connectivity index (χ4v) is 2.12. The molecule has 0 aliphatic rings. The molecule has 3 heteroatoms. The number of hydrogen-bond donors (Lipinski definition) is 1. The monoisotopic (exact) mass is 231 g/mol. The summed E-state index contributed by atoms with van der Waals surface area (Å²) in [7, 11) is 0. The molecule has 2 rings (SSSR count). The third-order valence-electron chi connectivity index (χ3n) is 2.98. The van der Waals surface area contributed by atoms with Crippen molar-refractivity contribution in [3.8, 4) is 0 Å². The van der Waals surface area contributed by atoms with Crippen molar-refractivity contribution < 1.29 is 0 Å². The molecule has 1 aromatic carbocycles. The van der Waals surface area contributed by atoms with E-state index in [9.17, 15) is 0 Å². The van der Waals surface area contributed by atoms with Gasteiger partial charge in [-0.1, -0.05) is 32.9 Å². The van der Waals surface area contributed by atoms with Crippen molar-refractivity contribution in [2.24, 2.45) is 5.41 Å². The quantitative estimate of drug-likeness (QED) is 0.857. The van der Waals surface area contributed by atoms with Gasteiger partial charge in [0.25, 0.3) is 0 Å². The van der Waals surface area contributed by atoms with Gasteiger partial charge in [-0.05, 0) is 24.1 Å². The predicted molar refractivity (Wildman–Crippen MR) is 72.1 cm³/mol. The number of para-hydroxylation sites is 2. The molecule has 0 spiro atoms. The zero-order valence-corrected chi connectivity index (χ0v) is 10.9. The lowest BCUT2D eigenvalue weighted by Gasteiger charge is -2.25. The molecular weight excluding hydrogens is 210 g/mol. The van der Waals surface area contributed by atoms with Gasteiger partial charge in [-0.25, -0.2) is 4.98 Å². The SMILES string of the molecule is CCNCC(C)(C)Cn1cnc2ccccc21. The van der Waals surface area contributed by atoms with Gasteiger partial charge in [0.2, 0.25) is 0 Å². The first-order chi connectivity index (χ1) is 8.12. The molecule has 0 radical (unpaired) electrons. The molecule has 2 aromatic rings. The van der Waals surface area contributed by atoms with E-state index in [4.69, 9.17) is 0 Å². The van der Waals surface area contributed by atoms with E-state index in [-0.39, 0.29) is 5.41 Å². The van der Waals surface area contributed by atoms with Crippen LogP contribution in [0.4, 0.5) is 0 Å². The Balaban J connectivity index is 2.18. The van der Waals surface area contributed by atoms with Gasteiger partial charge < -0.3 is 9.88 Å². The average Bonchev–Trinajstić information content (AvgIpc) is 2.70. The Bertz CT molecular complexity index is 485. The highest BCUT2D eigenvalue weighted by Gasteiger charge is 2.18. The Labute approximate surface area is 103 Å². The zero-order valence-electron chi connectivity index (χ0n) is 10.9. The highest BCUT2D eigenvalue weighted by molar-refractivity contribution is 5.74. The summed E-state index contributed by atoms with van der Waals surface area (Å²) in [4.78, 5) is 4.43. The first-order valence-corrected chi connectivity index (χ1v) is 6.23. The predicted octanol–water partition coefficient (Wildman–Crippen LogP) is 2.67. The lowest BCUT2D eigenvalue weighted by atomic mass is 9.93. The number of imidazole rings is 1. The van der Waals surface area contributed by atoms with E-state index in [0.717, 1.165) is 25.2 Å². The maximum absolute atomic E-state index is 4.43. The number of rotatable bonds is 5. The summed E-state index contributed by atoms with van der Waals surface area (Å²) in [6.45, 7) is 9.74. The molecular formula is C14H21N3. The molecule has 0 fully saturated rings. The summed E-state index contributed by atoms with van der Waals surface area (Å²) < 4.78 is 2.24. The van der Waals surface area contributed by atoms with Crippen molar-refractivity contribution in [2.45, 2.75) is 27.3 Å². The number of fused-ring (bicyclic) bond motifs is 1. The Kier molecular flexibility index (Phi) is 3.48. The highest BCUT2D eigenvalue weighted by Crippen LogP contribution is 2.20. The zero-order chi connectivity index (χ0) is 12.3. The Morgan fingerprint density at radius 2 is 2.06 bits per heavy atom. The standard InChI is InChI=1S/C14H21N3/c1-4-15-9-14(2,3)10-17-11-16-12-7-5-6-8-13(12)17/h5-8,11,15H,4,9-10H2,1-3H3. The molecule has 0 aliphatic heterocycles. The molecule has 0 saturated carbocycles. The van der Waals surface area contributed by atoms with Crippen LogP contribution in [0.25, 0.3) is 11.0 Å². The maximum atomic E-state index is 4.43. The first-order valence-electron chi connectivity index (χ1n) is 6.23. The number of aromatic nitrogens is 2. The van der Waals surface area contributed by atoms with Crippen LogP contribution in [0.15, 0.2) is 30.6 Å². The largest absolute Gasteiger partial charge is 0.330 e. The van der Waals surface area contributed by atoms with Gasteiger partial charge in [0.05, 0.1) is 17.4 Å². The minimum Gasteiger partial charge on any atom is -0.330 e. The Morgan fingerprint density at radius 1 is 1.29 bits per heavy atom. The van der Waals surface area contributed by atoms with Crippen LogP contribution in [0, 0.1) is 5.41 Å². The number of hydrogen-bond acceptors (Lipinski definition) is 2. The molecule has 0 bridgehead atoms. The molecule has 92 valence electrons. The molecule has 1 heterocycles. The first kappa shape index (κ1) is 12.1. The van der Waals surface area contributed by atoms with Gasteiger partial charge >= 0.3 is 0 Å².